The molecule has 4 nitrogen and oxygen atoms in total. The van der Waals surface area contributed by atoms with E-state index in [0.29, 0.717) is 0 Å². The highest BCUT2D eigenvalue weighted by atomic mass is 16.3. The van der Waals surface area contributed by atoms with Crippen LogP contribution in [0.15, 0.2) is 27.0 Å². The van der Waals surface area contributed by atoms with Crippen molar-refractivity contribution >= 4 is 0 Å². The SMILES string of the molecule is CCNCc1oc(CN(C)Cc2ccc(C)o2)cc1C. The van der Waals surface area contributed by atoms with Crippen LogP contribution in [0.1, 0.15) is 35.5 Å². The molecular weight excluding hydrogens is 252 g/mol. The molecule has 0 radical (unpaired) electrons. The van der Waals surface area contributed by atoms with E-state index in [1.165, 1.54) is 5.56 Å². The first-order valence-electron chi connectivity index (χ1n) is 7.11. The van der Waals surface area contributed by atoms with E-state index in [-0.39, 0.29) is 0 Å². The Morgan fingerprint density at radius 2 is 1.85 bits per heavy atom. The Bertz CT molecular complexity index is 542. The second kappa shape index (κ2) is 6.77. The third kappa shape index (κ3) is 3.99. The van der Waals surface area contributed by atoms with Crippen molar-refractivity contribution in [3.63, 3.8) is 0 Å². The number of furan rings is 2. The molecule has 0 atom stereocenters. The fourth-order valence-corrected chi connectivity index (χ4v) is 2.24. The lowest BCUT2D eigenvalue weighted by Gasteiger charge is -2.13. The molecule has 2 aromatic rings. The molecule has 110 valence electrons. The van der Waals surface area contributed by atoms with E-state index in [1.54, 1.807) is 0 Å². The Morgan fingerprint density at radius 1 is 1.10 bits per heavy atom. The number of aryl methyl sites for hydroxylation is 2. The van der Waals surface area contributed by atoms with Crippen molar-refractivity contribution in [2.45, 2.75) is 40.4 Å². The second-order valence-corrected chi connectivity index (χ2v) is 5.28. The first-order chi connectivity index (χ1) is 9.58. The Balaban J connectivity index is 1.92. The Morgan fingerprint density at radius 3 is 2.50 bits per heavy atom. The number of nitrogens with one attached hydrogen (secondary N) is 1. The molecule has 0 aliphatic heterocycles. The van der Waals surface area contributed by atoms with Gasteiger partial charge in [0.05, 0.1) is 19.6 Å². The van der Waals surface area contributed by atoms with Gasteiger partial charge in [0.25, 0.3) is 0 Å². The molecule has 0 aliphatic rings. The van der Waals surface area contributed by atoms with Gasteiger partial charge in [-0.1, -0.05) is 6.92 Å². The minimum atomic E-state index is 0.784. The molecule has 0 amide bonds. The quantitative estimate of drug-likeness (QED) is 0.843. The van der Waals surface area contributed by atoms with Crippen molar-refractivity contribution in [2.24, 2.45) is 0 Å². The van der Waals surface area contributed by atoms with Crippen LogP contribution >= 0.6 is 0 Å². The number of hydrogen-bond donors (Lipinski definition) is 1. The number of nitrogens with zero attached hydrogens (tertiary/aromatic N) is 1. The minimum Gasteiger partial charge on any atom is -0.465 e. The summed E-state index contributed by atoms with van der Waals surface area (Å²) in [6.07, 6.45) is 0. The predicted molar refractivity (Wildman–Crippen MR) is 79.4 cm³/mol. The van der Waals surface area contributed by atoms with Gasteiger partial charge in [-0.25, -0.2) is 0 Å². The lowest BCUT2D eigenvalue weighted by Crippen LogP contribution is -2.16. The van der Waals surface area contributed by atoms with Crippen molar-refractivity contribution < 1.29 is 8.83 Å². The van der Waals surface area contributed by atoms with Crippen LogP contribution in [-0.2, 0) is 19.6 Å². The van der Waals surface area contributed by atoms with E-state index >= 15 is 0 Å². The highest BCUT2D eigenvalue weighted by Crippen LogP contribution is 2.17. The smallest absolute Gasteiger partial charge is 0.120 e. The minimum absolute atomic E-state index is 0.784. The van der Waals surface area contributed by atoms with Gasteiger partial charge in [0, 0.05) is 0 Å². The first kappa shape index (κ1) is 14.9. The molecule has 0 aromatic carbocycles. The predicted octanol–water partition coefficient (Wildman–Crippen LogP) is 3.23. The Labute approximate surface area is 120 Å². The van der Waals surface area contributed by atoms with Gasteiger partial charge in [-0.2, -0.15) is 0 Å². The molecule has 0 aliphatic carbocycles. The molecule has 0 fully saturated rings. The van der Waals surface area contributed by atoms with Gasteiger partial charge in [0.1, 0.15) is 23.0 Å². The summed E-state index contributed by atoms with van der Waals surface area (Å²) in [5.74, 6) is 3.97. The van der Waals surface area contributed by atoms with Gasteiger partial charge in [-0.3, -0.25) is 4.90 Å². The van der Waals surface area contributed by atoms with Crippen LogP contribution in [0.4, 0.5) is 0 Å². The normalized spacial score (nSPS) is 11.4. The molecule has 0 saturated carbocycles. The standard InChI is InChI=1S/C16H24N2O2/c1-5-17-9-16-12(2)8-15(20-16)11-18(4)10-14-7-6-13(3)19-14/h6-8,17H,5,9-11H2,1-4H3. The van der Waals surface area contributed by atoms with E-state index in [9.17, 15) is 0 Å². The molecule has 1 N–H and O–H groups in total. The number of hydrogen-bond acceptors (Lipinski definition) is 4. The summed E-state index contributed by atoms with van der Waals surface area (Å²) in [6, 6.07) is 6.14. The zero-order valence-corrected chi connectivity index (χ0v) is 12.8. The van der Waals surface area contributed by atoms with E-state index in [4.69, 9.17) is 8.83 Å². The van der Waals surface area contributed by atoms with Crippen LogP contribution in [0, 0.1) is 13.8 Å². The maximum Gasteiger partial charge on any atom is 0.120 e. The van der Waals surface area contributed by atoms with Gasteiger partial charge in [0.2, 0.25) is 0 Å². The highest BCUT2D eigenvalue weighted by molar-refractivity contribution is 5.20. The van der Waals surface area contributed by atoms with E-state index in [1.807, 2.05) is 19.1 Å². The summed E-state index contributed by atoms with van der Waals surface area (Å²) in [6.45, 7) is 9.47. The van der Waals surface area contributed by atoms with Crippen molar-refractivity contribution in [1.82, 2.24) is 10.2 Å². The summed E-state index contributed by atoms with van der Waals surface area (Å²) < 4.78 is 11.5. The molecule has 0 unspecified atom stereocenters. The summed E-state index contributed by atoms with van der Waals surface area (Å²) in [7, 11) is 2.07. The van der Waals surface area contributed by atoms with E-state index in [0.717, 1.165) is 49.2 Å². The van der Waals surface area contributed by atoms with Crippen molar-refractivity contribution in [3.05, 3.63) is 46.8 Å². The monoisotopic (exact) mass is 276 g/mol. The van der Waals surface area contributed by atoms with E-state index in [2.05, 4.69) is 37.2 Å². The fraction of sp³-hybridized carbons (Fsp3) is 0.500. The van der Waals surface area contributed by atoms with Crippen LogP contribution in [0.25, 0.3) is 0 Å². The van der Waals surface area contributed by atoms with Crippen molar-refractivity contribution in [1.29, 1.82) is 0 Å². The Hall–Kier alpha value is -1.52. The maximum absolute atomic E-state index is 5.90. The van der Waals surface area contributed by atoms with Crippen LogP contribution in [0.5, 0.6) is 0 Å². The highest BCUT2D eigenvalue weighted by Gasteiger charge is 2.10. The van der Waals surface area contributed by atoms with Crippen molar-refractivity contribution in [2.75, 3.05) is 13.6 Å². The van der Waals surface area contributed by atoms with Gasteiger partial charge in [-0.15, -0.1) is 0 Å². The summed E-state index contributed by atoms with van der Waals surface area (Å²) in [5.41, 5.74) is 1.21. The number of rotatable bonds is 7. The molecule has 2 aromatic heterocycles. The van der Waals surface area contributed by atoms with Gasteiger partial charge >= 0.3 is 0 Å². The zero-order valence-electron chi connectivity index (χ0n) is 12.8. The van der Waals surface area contributed by atoms with Gasteiger partial charge in [-0.05, 0) is 51.2 Å². The van der Waals surface area contributed by atoms with E-state index < -0.39 is 0 Å². The average molecular weight is 276 g/mol. The van der Waals surface area contributed by atoms with Crippen LogP contribution in [0.3, 0.4) is 0 Å². The molecule has 20 heavy (non-hydrogen) atoms. The molecule has 4 heteroatoms. The fourth-order valence-electron chi connectivity index (χ4n) is 2.24. The average Bonchev–Trinajstić information content (AvgIpc) is 2.93. The van der Waals surface area contributed by atoms with Crippen molar-refractivity contribution in [3.8, 4) is 0 Å². The summed E-state index contributed by atoms with van der Waals surface area (Å²) in [5, 5.41) is 3.29. The molecule has 2 heterocycles. The largest absolute Gasteiger partial charge is 0.465 e. The zero-order chi connectivity index (χ0) is 14.5. The summed E-state index contributed by atoms with van der Waals surface area (Å²) in [4.78, 5) is 2.19. The topological polar surface area (TPSA) is 41.6 Å². The molecular formula is C16H24N2O2. The summed E-state index contributed by atoms with van der Waals surface area (Å²) >= 11 is 0. The third-order valence-corrected chi connectivity index (χ3v) is 3.25. The molecule has 0 saturated heterocycles. The lowest BCUT2D eigenvalue weighted by molar-refractivity contribution is 0.259. The second-order valence-electron chi connectivity index (χ2n) is 5.28. The maximum atomic E-state index is 5.90. The molecule has 0 spiro atoms. The van der Waals surface area contributed by atoms with Crippen LogP contribution < -0.4 is 5.32 Å². The van der Waals surface area contributed by atoms with Crippen LogP contribution in [-0.4, -0.2) is 18.5 Å². The first-order valence-corrected chi connectivity index (χ1v) is 7.11. The molecule has 0 bridgehead atoms. The Kier molecular flexibility index (Phi) is 5.04. The van der Waals surface area contributed by atoms with Crippen LogP contribution in [0.2, 0.25) is 0 Å². The van der Waals surface area contributed by atoms with Gasteiger partial charge in [0.15, 0.2) is 0 Å². The lowest BCUT2D eigenvalue weighted by atomic mass is 10.2. The third-order valence-electron chi connectivity index (χ3n) is 3.25. The molecule has 2 rings (SSSR count). The van der Waals surface area contributed by atoms with Gasteiger partial charge < -0.3 is 14.2 Å².